The Bertz CT molecular complexity index is 1000. The van der Waals surface area contributed by atoms with Gasteiger partial charge in [0.25, 0.3) is 0 Å². The van der Waals surface area contributed by atoms with E-state index in [1.165, 1.54) is 115 Å². The molecule has 0 unspecified atom stereocenters. The van der Waals surface area contributed by atoms with Crippen LogP contribution in [-0.2, 0) is 4.79 Å². The first kappa shape index (κ1) is 32.7. The Labute approximate surface area is 256 Å². The maximum absolute atomic E-state index is 12.8. The summed E-state index contributed by atoms with van der Waals surface area (Å²) >= 11 is 0. The molecule has 0 radical (unpaired) electrons. The number of unbranched alkanes of at least 4 members (excludes halogenated alkanes) is 9. The lowest BCUT2D eigenvalue weighted by Crippen LogP contribution is -2.25. The third kappa shape index (κ3) is 10.8. The van der Waals surface area contributed by atoms with E-state index in [-0.39, 0.29) is 11.9 Å². The highest BCUT2D eigenvalue weighted by molar-refractivity contribution is 5.75. The van der Waals surface area contributed by atoms with Crippen LogP contribution >= 0.6 is 0 Å². The van der Waals surface area contributed by atoms with E-state index in [4.69, 9.17) is 14.7 Å². The van der Waals surface area contributed by atoms with E-state index < -0.39 is 0 Å². The van der Waals surface area contributed by atoms with Gasteiger partial charge < -0.3 is 4.74 Å². The molecule has 232 valence electrons. The van der Waals surface area contributed by atoms with Crippen molar-refractivity contribution in [3.05, 3.63) is 42.2 Å². The zero-order chi connectivity index (χ0) is 29.4. The summed E-state index contributed by atoms with van der Waals surface area (Å²) in [5.41, 5.74) is 2.25. The molecule has 4 rings (SSSR count). The zero-order valence-corrected chi connectivity index (χ0v) is 26.8. The maximum Gasteiger partial charge on any atom is 0.314 e. The molecule has 2 aliphatic carbocycles. The largest absolute Gasteiger partial charge is 0.426 e. The van der Waals surface area contributed by atoms with Crippen LogP contribution in [0.15, 0.2) is 36.7 Å². The minimum atomic E-state index is -0.0668. The van der Waals surface area contributed by atoms with Gasteiger partial charge in [-0.05, 0) is 98.9 Å². The van der Waals surface area contributed by atoms with Gasteiger partial charge in [-0.15, -0.1) is 0 Å². The Morgan fingerprint density at radius 3 is 1.76 bits per heavy atom. The number of hydrogen-bond donors (Lipinski definition) is 0. The number of benzene rings is 1. The molecule has 0 saturated heterocycles. The summed E-state index contributed by atoms with van der Waals surface area (Å²) < 4.78 is 5.76. The van der Waals surface area contributed by atoms with Gasteiger partial charge >= 0.3 is 5.97 Å². The van der Waals surface area contributed by atoms with Gasteiger partial charge in [0.05, 0.1) is 5.92 Å². The molecule has 2 saturated carbocycles. The van der Waals surface area contributed by atoms with Crippen LogP contribution in [0.2, 0.25) is 0 Å². The molecule has 42 heavy (non-hydrogen) atoms. The van der Waals surface area contributed by atoms with Crippen molar-refractivity contribution in [2.45, 2.75) is 155 Å². The Hall–Kier alpha value is -2.23. The lowest BCUT2D eigenvalue weighted by molar-refractivity contribution is -0.140. The number of hydrogen-bond acceptors (Lipinski definition) is 4. The predicted molar refractivity (Wildman–Crippen MR) is 175 cm³/mol. The van der Waals surface area contributed by atoms with Gasteiger partial charge in [0, 0.05) is 18.0 Å². The van der Waals surface area contributed by atoms with Crippen molar-refractivity contribution in [1.82, 2.24) is 9.97 Å². The second-order valence-corrected chi connectivity index (χ2v) is 13.5. The van der Waals surface area contributed by atoms with Crippen molar-refractivity contribution in [3.63, 3.8) is 0 Å². The van der Waals surface area contributed by atoms with Crippen molar-refractivity contribution in [2.24, 2.45) is 17.8 Å². The Kier molecular flexibility index (Phi) is 14.3. The second kappa shape index (κ2) is 18.4. The van der Waals surface area contributed by atoms with E-state index in [0.29, 0.717) is 11.7 Å². The number of esters is 1. The molecule has 0 atom stereocenters. The predicted octanol–water partition coefficient (Wildman–Crippen LogP) is 11.2. The number of nitrogens with zero attached hydrogens (tertiary/aromatic N) is 2. The Morgan fingerprint density at radius 1 is 0.667 bits per heavy atom. The molecule has 0 aliphatic heterocycles. The van der Waals surface area contributed by atoms with Gasteiger partial charge in [0.15, 0.2) is 5.82 Å². The monoisotopic (exact) mass is 574 g/mol. The third-order valence-electron chi connectivity index (χ3n) is 10.2. The van der Waals surface area contributed by atoms with Gasteiger partial charge in [-0.2, -0.15) is 0 Å². The molecule has 0 spiro atoms. The van der Waals surface area contributed by atoms with E-state index >= 15 is 0 Å². The van der Waals surface area contributed by atoms with Crippen LogP contribution in [0, 0.1) is 17.8 Å². The van der Waals surface area contributed by atoms with E-state index in [9.17, 15) is 4.79 Å². The Balaban J connectivity index is 1.14. The molecule has 2 aromatic rings. The fourth-order valence-electron chi connectivity index (χ4n) is 7.29. The molecule has 0 N–H and O–H groups in total. The SMILES string of the molecule is CCCCCCCCCCC1CCC(c2cnc(-c3ccc(OC(=O)C4CCC(CCCCC)CC4)cc3)nc2)CC1. The van der Waals surface area contributed by atoms with Crippen LogP contribution in [0.25, 0.3) is 11.4 Å². The first-order chi connectivity index (χ1) is 20.7. The molecular formula is C38H58N2O2. The van der Waals surface area contributed by atoms with Gasteiger partial charge in [0.1, 0.15) is 5.75 Å². The lowest BCUT2D eigenvalue weighted by Gasteiger charge is -2.28. The van der Waals surface area contributed by atoms with Crippen molar-refractivity contribution < 1.29 is 9.53 Å². The number of ether oxygens (including phenoxy) is 1. The molecule has 4 nitrogen and oxygen atoms in total. The summed E-state index contributed by atoms with van der Waals surface area (Å²) in [6.45, 7) is 4.55. The zero-order valence-electron chi connectivity index (χ0n) is 26.8. The van der Waals surface area contributed by atoms with Crippen LogP contribution < -0.4 is 4.74 Å². The first-order valence-corrected chi connectivity index (χ1v) is 17.8. The van der Waals surface area contributed by atoms with Crippen LogP contribution in [0.4, 0.5) is 0 Å². The summed E-state index contributed by atoms with van der Waals surface area (Å²) in [6, 6.07) is 7.71. The number of aromatic nitrogens is 2. The second-order valence-electron chi connectivity index (χ2n) is 13.5. The van der Waals surface area contributed by atoms with Crippen molar-refractivity contribution in [3.8, 4) is 17.1 Å². The van der Waals surface area contributed by atoms with E-state index in [2.05, 4.69) is 13.8 Å². The minimum absolute atomic E-state index is 0.0446. The molecule has 2 fully saturated rings. The average molecular weight is 575 g/mol. The normalized spacial score (nSPS) is 22.6. The smallest absolute Gasteiger partial charge is 0.314 e. The average Bonchev–Trinajstić information content (AvgIpc) is 3.03. The number of carbonyl (C=O) groups excluding carboxylic acids is 1. The lowest BCUT2D eigenvalue weighted by atomic mass is 9.77. The Morgan fingerprint density at radius 2 is 1.17 bits per heavy atom. The molecule has 1 aromatic heterocycles. The summed E-state index contributed by atoms with van der Waals surface area (Å²) in [6.07, 6.45) is 31.5. The van der Waals surface area contributed by atoms with Gasteiger partial charge in [-0.1, -0.05) is 97.3 Å². The molecule has 0 bridgehead atoms. The quantitative estimate of drug-likeness (QED) is 0.107. The standard InChI is InChI=1S/C38H58N2O2/c1-3-5-7-8-9-10-11-13-15-31-16-20-32(21-17-31)35-28-39-37(40-29-35)33-24-26-36(27-25-33)42-38(41)34-22-18-30(19-23-34)14-12-6-4-2/h24-32,34H,3-23H2,1-2H3. The fourth-order valence-corrected chi connectivity index (χ4v) is 7.29. The summed E-state index contributed by atoms with van der Waals surface area (Å²) in [5, 5.41) is 0. The molecular weight excluding hydrogens is 516 g/mol. The van der Waals surface area contributed by atoms with Crippen molar-refractivity contribution >= 4 is 5.97 Å². The number of carbonyl (C=O) groups is 1. The summed E-state index contributed by atoms with van der Waals surface area (Å²) in [4.78, 5) is 22.2. The van der Waals surface area contributed by atoms with Crippen molar-refractivity contribution in [2.75, 3.05) is 0 Å². The third-order valence-corrected chi connectivity index (χ3v) is 10.2. The summed E-state index contributed by atoms with van der Waals surface area (Å²) in [7, 11) is 0. The van der Waals surface area contributed by atoms with Crippen molar-refractivity contribution in [1.29, 1.82) is 0 Å². The molecule has 1 aromatic carbocycles. The topological polar surface area (TPSA) is 52.1 Å². The molecule has 0 amide bonds. The van der Waals surface area contributed by atoms with E-state index in [1.54, 1.807) is 0 Å². The van der Waals surface area contributed by atoms with Gasteiger partial charge in [-0.25, -0.2) is 9.97 Å². The molecule has 4 heteroatoms. The summed E-state index contributed by atoms with van der Waals surface area (Å²) in [5.74, 6) is 3.65. The first-order valence-electron chi connectivity index (χ1n) is 17.8. The van der Waals surface area contributed by atoms with E-state index in [1.807, 2.05) is 36.7 Å². The molecule has 1 heterocycles. The minimum Gasteiger partial charge on any atom is -0.426 e. The number of rotatable bonds is 17. The highest BCUT2D eigenvalue weighted by atomic mass is 16.5. The van der Waals surface area contributed by atoms with Crippen LogP contribution in [0.5, 0.6) is 5.75 Å². The highest BCUT2D eigenvalue weighted by Gasteiger charge is 2.27. The van der Waals surface area contributed by atoms with Crippen LogP contribution in [0.3, 0.4) is 0 Å². The van der Waals surface area contributed by atoms with E-state index in [0.717, 1.165) is 48.9 Å². The van der Waals surface area contributed by atoms with Crippen LogP contribution in [-0.4, -0.2) is 15.9 Å². The van der Waals surface area contributed by atoms with Crippen LogP contribution in [0.1, 0.15) is 160 Å². The van der Waals surface area contributed by atoms with Gasteiger partial charge in [-0.3, -0.25) is 4.79 Å². The van der Waals surface area contributed by atoms with Gasteiger partial charge in [0.2, 0.25) is 0 Å². The molecule has 2 aliphatic rings. The maximum atomic E-state index is 12.8. The fraction of sp³-hybridized carbons (Fsp3) is 0.711. The highest BCUT2D eigenvalue weighted by Crippen LogP contribution is 2.38.